The van der Waals surface area contributed by atoms with E-state index in [2.05, 4.69) is 15.3 Å². The number of nitrogens with zero attached hydrogens (tertiary/aromatic N) is 6. The van der Waals surface area contributed by atoms with Gasteiger partial charge in [0.2, 0.25) is 5.27 Å². The van der Waals surface area contributed by atoms with Gasteiger partial charge >= 0.3 is 5.88 Å². The number of para-hydroxylation sites is 1. The van der Waals surface area contributed by atoms with Crippen molar-refractivity contribution in [2.75, 3.05) is 42.0 Å². The van der Waals surface area contributed by atoms with E-state index < -0.39 is 17.6 Å². The third kappa shape index (κ3) is 5.29. The van der Waals surface area contributed by atoms with Crippen LogP contribution in [0.3, 0.4) is 0 Å². The zero-order valence-corrected chi connectivity index (χ0v) is 19.8. The van der Waals surface area contributed by atoms with E-state index >= 15 is 0 Å². The molecule has 2 aliphatic rings. The molecule has 3 aromatic rings. The molecule has 1 saturated heterocycles. The Kier molecular flexibility index (Phi) is 7.05. The first-order valence-corrected chi connectivity index (χ1v) is 12.1. The second-order valence-electron chi connectivity index (χ2n) is 7.74. The fraction of sp³-hybridized carbons (Fsp3) is 0.208. The number of amides is 1. The van der Waals surface area contributed by atoms with Gasteiger partial charge in [-0.15, -0.1) is 5.01 Å². The van der Waals surface area contributed by atoms with Gasteiger partial charge in [-0.05, 0) is 30.2 Å². The third-order valence-electron chi connectivity index (χ3n) is 5.32. The quantitative estimate of drug-likeness (QED) is 0.215. The molecule has 1 aromatic heterocycles. The Morgan fingerprint density at radius 3 is 2.69 bits per heavy atom. The van der Waals surface area contributed by atoms with Gasteiger partial charge in [-0.2, -0.15) is 0 Å². The van der Waals surface area contributed by atoms with Crippen molar-refractivity contribution in [2.45, 2.75) is 0 Å². The molecular formula is C24H21FN6O4S. The van der Waals surface area contributed by atoms with Crippen molar-refractivity contribution in [3.8, 4) is 0 Å². The van der Waals surface area contributed by atoms with Gasteiger partial charge in [0.25, 0.3) is 12.1 Å². The van der Waals surface area contributed by atoms with Crippen LogP contribution in [-0.4, -0.2) is 54.3 Å². The Morgan fingerprint density at radius 1 is 1.17 bits per heavy atom. The van der Waals surface area contributed by atoms with Gasteiger partial charge in [0.1, 0.15) is 11.5 Å². The van der Waals surface area contributed by atoms with E-state index in [1.165, 1.54) is 28.0 Å². The van der Waals surface area contributed by atoms with Gasteiger partial charge in [-0.1, -0.05) is 48.2 Å². The highest BCUT2D eigenvalue weighted by Crippen LogP contribution is 2.29. The smallest absolute Gasteiger partial charge is 0.324 e. The van der Waals surface area contributed by atoms with Crippen molar-refractivity contribution in [1.29, 1.82) is 0 Å². The van der Waals surface area contributed by atoms with Gasteiger partial charge in [0.15, 0.2) is 5.17 Å². The van der Waals surface area contributed by atoms with E-state index in [1.807, 2.05) is 11.1 Å². The van der Waals surface area contributed by atoms with Crippen LogP contribution in [0.4, 0.5) is 16.0 Å². The molecule has 1 fully saturated rings. The Labute approximate surface area is 209 Å². The van der Waals surface area contributed by atoms with Crippen molar-refractivity contribution in [1.82, 2.24) is 5.27 Å². The van der Waals surface area contributed by atoms with E-state index in [-0.39, 0.29) is 22.9 Å². The summed E-state index contributed by atoms with van der Waals surface area (Å²) in [6.07, 6.45) is 2.92. The fourth-order valence-electron chi connectivity index (χ4n) is 3.59. The van der Waals surface area contributed by atoms with Crippen LogP contribution in [0.5, 0.6) is 0 Å². The first-order chi connectivity index (χ1) is 17.6. The Morgan fingerprint density at radius 2 is 1.92 bits per heavy atom. The average molecular weight is 509 g/mol. The Bertz CT molecular complexity index is 1340. The largest absolute Gasteiger partial charge is 0.861 e. The Balaban J connectivity index is 1.34. The van der Waals surface area contributed by atoms with Crippen molar-refractivity contribution in [2.24, 2.45) is 9.98 Å². The lowest BCUT2D eigenvalue weighted by molar-refractivity contribution is -0.759. The summed E-state index contributed by atoms with van der Waals surface area (Å²) in [4.78, 5) is 24.4. The summed E-state index contributed by atoms with van der Waals surface area (Å²) in [5.41, 5.74) is 0.892. The summed E-state index contributed by atoms with van der Waals surface area (Å²) in [7, 11) is 0. The van der Waals surface area contributed by atoms with Crippen molar-refractivity contribution >= 4 is 46.4 Å². The summed E-state index contributed by atoms with van der Waals surface area (Å²) < 4.78 is 24.6. The molecule has 0 spiro atoms. The molecule has 0 atom stereocenters. The average Bonchev–Trinajstić information content (AvgIpc) is 3.49. The summed E-state index contributed by atoms with van der Waals surface area (Å²) in [6.45, 7) is 2.45. The van der Waals surface area contributed by atoms with Gasteiger partial charge in [-0.25, -0.2) is 14.4 Å². The van der Waals surface area contributed by atoms with Crippen LogP contribution in [0.1, 0.15) is 5.56 Å². The number of morpholine rings is 1. The molecule has 1 amide bonds. The molecule has 10 nitrogen and oxygen atoms in total. The van der Waals surface area contributed by atoms with Crippen LogP contribution in [0, 0.1) is 5.82 Å². The molecule has 0 saturated carbocycles. The highest BCUT2D eigenvalue weighted by molar-refractivity contribution is 8.14. The minimum atomic E-state index is -0.486. The highest BCUT2D eigenvalue weighted by atomic mass is 32.2. The van der Waals surface area contributed by atoms with Crippen LogP contribution >= 0.6 is 11.8 Å². The lowest BCUT2D eigenvalue weighted by atomic mass is 10.1. The molecule has 0 aliphatic carbocycles. The third-order valence-corrected chi connectivity index (χ3v) is 6.25. The molecule has 36 heavy (non-hydrogen) atoms. The number of thioether (sulfide) groups is 1. The number of carbonyl (C=O) groups is 1. The number of aromatic nitrogens is 2. The maximum Gasteiger partial charge on any atom is 0.324 e. The molecule has 0 bridgehead atoms. The molecule has 3 heterocycles. The molecule has 12 heteroatoms. The number of hydrogen-bond donors (Lipinski definition) is 0. The monoisotopic (exact) mass is 508 g/mol. The second kappa shape index (κ2) is 10.7. The summed E-state index contributed by atoms with van der Waals surface area (Å²) >= 11 is 1.05. The fourth-order valence-corrected chi connectivity index (χ4v) is 4.39. The number of hydrogen-bond acceptors (Lipinski definition) is 9. The van der Waals surface area contributed by atoms with Gasteiger partial charge in [0, 0.05) is 11.3 Å². The first-order valence-electron chi connectivity index (χ1n) is 11.1. The maximum atomic E-state index is 14.2. The number of halogens is 1. The summed E-state index contributed by atoms with van der Waals surface area (Å²) in [5, 5.41) is 18.6. The number of benzene rings is 2. The van der Waals surface area contributed by atoms with Crippen LogP contribution in [0.2, 0.25) is 0 Å². The van der Waals surface area contributed by atoms with Crippen LogP contribution < -0.4 is 19.8 Å². The van der Waals surface area contributed by atoms with Crippen LogP contribution in [0.25, 0.3) is 6.08 Å². The van der Waals surface area contributed by atoms with Crippen LogP contribution in [0.15, 0.2) is 81.0 Å². The van der Waals surface area contributed by atoms with Gasteiger partial charge in [0.05, 0.1) is 36.8 Å². The first kappa shape index (κ1) is 23.7. The number of aliphatic imine (C=N–C) groups is 2. The topological polar surface area (TPSA) is 110 Å². The SMILES string of the molecule is O=C1/C(=C\c2ccccc2F)N=C(SC/C([O-])=N\c2c[n+](N3CCOCC3)no2)N1c1ccccc1. The predicted molar refractivity (Wildman–Crippen MR) is 131 cm³/mol. The number of amidine groups is 1. The van der Waals surface area contributed by atoms with E-state index in [0.717, 1.165) is 11.8 Å². The molecule has 0 N–H and O–H groups in total. The van der Waals surface area contributed by atoms with E-state index in [1.54, 1.807) is 42.5 Å². The summed E-state index contributed by atoms with van der Waals surface area (Å²) in [6, 6.07) is 15.0. The number of ether oxygens (including phenoxy) is 1. The predicted octanol–water partition coefficient (Wildman–Crippen LogP) is 1.64. The van der Waals surface area contributed by atoms with E-state index in [4.69, 9.17) is 9.26 Å². The van der Waals surface area contributed by atoms with Gasteiger partial charge < -0.3 is 9.84 Å². The molecule has 184 valence electrons. The molecule has 0 radical (unpaired) electrons. The van der Waals surface area contributed by atoms with Gasteiger partial charge in [-0.3, -0.25) is 14.2 Å². The number of rotatable bonds is 6. The second-order valence-corrected chi connectivity index (χ2v) is 8.68. The maximum absolute atomic E-state index is 14.2. The Hall–Kier alpha value is -4.03. The van der Waals surface area contributed by atoms with Crippen molar-refractivity contribution in [3.05, 3.63) is 77.9 Å². The molecule has 2 aliphatic heterocycles. The minimum Gasteiger partial charge on any atom is -0.861 e. The van der Waals surface area contributed by atoms with Crippen molar-refractivity contribution < 1.29 is 28.3 Å². The lowest BCUT2D eigenvalue weighted by Gasteiger charge is -2.18. The molecule has 2 aromatic carbocycles. The normalized spacial score (nSPS) is 17.7. The van der Waals surface area contributed by atoms with Crippen molar-refractivity contribution in [3.63, 3.8) is 0 Å². The van der Waals surface area contributed by atoms with E-state index in [9.17, 15) is 14.3 Å². The van der Waals surface area contributed by atoms with Crippen LogP contribution in [-0.2, 0) is 9.53 Å². The highest BCUT2D eigenvalue weighted by Gasteiger charge is 2.32. The number of anilines is 1. The minimum absolute atomic E-state index is 0.0663. The lowest BCUT2D eigenvalue weighted by Crippen LogP contribution is -2.62. The zero-order valence-electron chi connectivity index (χ0n) is 19.0. The molecule has 5 rings (SSSR count). The number of carbonyl (C=O) groups excluding carboxylic acids is 1. The standard InChI is InChI=1S/C24H21FN6O4S/c25-19-9-5-4-6-17(19)14-20-23(33)31(18-7-2-1-3-8-18)24(26-20)36-16-21(32)27-22-15-30(28-35-22)29-10-12-34-13-11-29/h1-9,14-15H,10-13,16H2/b20-14+. The van der Waals surface area contributed by atoms with E-state index in [0.29, 0.717) is 37.2 Å². The molecule has 0 unspecified atom stereocenters. The zero-order chi connectivity index (χ0) is 24.9. The summed E-state index contributed by atoms with van der Waals surface area (Å²) in [5.74, 6) is -1.40. The molecular weight excluding hydrogens is 487 g/mol.